The van der Waals surface area contributed by atoms with Gasteiger partial charge in [-0.1, -0.05) is 80.9 Å². The third-order valence-electron chi connectivity index (χ3n) is 7.47. The first-order valence-electron chi connectivity index (χ1n) is 13.9. The largest absolute Gasteiger partial charge is 0.352 e. The number of hydrogen-bond acceptors (Lipinski definition) is 6. The monoisotopic (exact) mass is 553 g/mol. The first-order chi connectivity index (χ1) is 19.5. The molecule has 1 unspecified atom stereocenters. The van der Waals surface area contributed by atoms with Gasteiger partial charge in [0.15, 0.2) is 5.82 Å². The van der Waals surface area contributed by atoms with Crippen molar-refractivity contribution in [3.63, 3.8) is 0 Å². The van der Waals surface area contributed by atoms with Crippen LogP contribution in [0, 0.1) is 5.92 Å². The number of benzene rings is 2. The first-order valence-corrected chi connectivity index (χ1v) is 14.7. The van der Waals surface area contributed by atoms with Crippen LogP contribution in [-0.2, 0) is 4.79 Å². The van der Waals surface area contributed by atoms with Gasteiger partial charge in [-0.15, -0.1) is 21.5 Å². The molecule has 0 saturated carbocycles. The number of carbonyl (C=O) groups is 2. The Hall–Kier alpha value is -4.04. The third kappa shape index (κ3) is 6.57. The standard InChI is InChI=1S/C32H35N5O2S/c1-3-24(2)22-37(32(39)29-10-7-21-40-29)23-31(38)36-19-17-35(18-20-36)30-16-15-28(33-34-30)27-13-11-26(12-14-27)25-8-5-4-6-9-25/h4-16,21,24H,3,17-20,22-23H2,1-2H3. The van der Waals surface area contributed by atoms with Crippen molar-refractivity contribution in [2.24, 2.45) is 5.92 Å². The Morgan fingerprint density at radius 1 is 0.850 bits per heavy atom. The molecule has 0 spiro atoms. The van der Waals surface area contributed by atoms with Crippen LogP contribution in [0.4, 0.5) is 5.82 Å². The van der Waals surface area contributed by atoms with Crippen molar-refractivity contribution in [2.45, 2.75) is 20.3 Å². The number of hydrogen-bond donors (Lipinski definition) is 0. The van der Waals surface area contributed by atoms with Crippen LogP contribution >= 0.6 is 11.3 Å². The Balaban J connectivity index is 1.17. The second-order valence-corrected chi connectivity index (χ2v) is 11.2. The van der Waals surface area contributed by atoms with Crippen molar-refractivity contribution < 1.29 is 9.59 Å². The minimum Gasteiger partial charge on any atom is -0.352 e. The second kappa shape index (κ2) is 12.9. The molecule has 3 heterocycles. The van der Waals surface area contributed by atoms with E-state index in [0.29, 0.717) is 43.5 Å². The van der Waals surface area contributed by atoms with Gasteiger partial charge in [0.1, 0.15) is 6.54 Å². The number of amides is 2. The van der Waals surface area contributed by atoms with Gasteiger partial charge in [0.05, 0.1) is 10.6 Å². The van der Waals surface area contributed by atoms with Gasteiger partial charge in [-0.3, -0.25) is 9.59 Å². The van der Waals surface area contributed by atoms with E-state index in [1.807, 2.05) is 52.7 Å². The lowest BCUT2D eigenvalue weighted by Gasteiger charge is -2.36. The van der Waals surface area contributed by atoms with Gasteiger partial charge in [-0.25, -0.2) is 0 Å². The van der Waals surface area contributed by atoms with Gasteiger partial charge in [-0.05, 0) is 40.6 Å². The lowest BCUT2D eigenvalue weighted by molar-refractivity contribution is -0.132. The zero-order valence-corrected chi connectivity index (χ0v) is 23.9. The molecule has 1 aliphatic heterocycles. The molecule has 7 nitrogen and oxygen atoms in total. The molecule has 2 aromatic heterocycles. The minimum atomic E-state index is -0.0626. The van der Waals surface area contributed by atoms with Gasteiger partial charge in [0.25, 0.3) is 5.91 Å². The lowest BCUT2D eigenvalue weighted by atomic mass is 10.0. The molecule has 1 fully saturated rings. The first kappa shape index (κ1) is 27.5. The SMILES string of the molecule is CCC(C)CN(CC(=O)N1CCN(c2ccc(-c3ccc(-c4ccccc4)cc3)nn2)CC1)C(=O)c1cccs1. The zero-order valence-electron chi connectivity index (χ0n) is 23.1. The highest BCUT2D eigenvalue weighted by atomic mass is 32.1. The van der Waals surface area contributed by atoms with E-state index in [1.54, 1.807) is 4.90 Å². The maximum absolute atomic E-state index is 13.2. The molecule has 1 atom stereocenters. The highest BCUT2D eigenvalue weighted by molar-refractivity contribution is 7.12. The lowest BCUT2D eigenvalue weighted by Crippen LogP contribution is -2.52. The molecule has 206 valence electrons. The summed E-state index contributed by atoms with van der Waals surface area (Å²) in [5, 5.41) is 10.9. The maximum atomic E-state index is 13.2. The summed E-state index contributed by atoms with van der Waals surface area (Å²) in [4.78, 5) is 32.7. The van der Waals surface area contributed by atoms with E-state index in [9.17, 15) is 9.59 Å². The minimum absolute atomic E-state index is 0.00626. The average molecular weight is 554 g/mol. The van der Waals surface area contributed by atoms with Gasteiger partial charge in [-0.2, -0.15) is 0 Å². The summed E-state index contributed by atoms with van der Waals surface area (Å²) in [5.74, 6) is 1.07. The van der Waals surface area contributed by atoms with Crippen LogP contribution in [0.5, 0.6) is 0 Å². The van der Waals surface area contributed by atoms with E-state index in [4.69, 9.17) is 0 Å². The summed E-state index contributed by atoms with van der Waals surface area (Å²) in [6.45, 7) is 7.45. The second-order valence-electron chi connectivity index (χ2n) is 10.3. The molecule has 5 rings (SSSR count). The van der Waals surface area contributed by atoms with Crippen molar-refractivity contribution >= 4 is 29.0 Å². The molecule has 4 aromatic rings. The predicted molar refractivity (Wildman–Crippen MR) is 161 cm³/mol. The summed E-state index contributed by atoms with van der Waals surface area (Å²) in [5.41, 5.74) is 4.20. The third-order valence-corrected chi connectivity index (χ3v) is 8.33. The quantitative estimate of drug-likeness (QED) is 0.266. The van der Waals surface area contributed by atoms with Crippen molar-refractivity contribution in [1.82, 2.24) is 20.0 Å². The zero-order chi connectivity index (χ0) is 27.9. The molecule has 40 heavy (non-hydrogen) atoms. The van der Waals surface area contributed by atoms with Crippen LogP contribution in [-0.4, -0.2) is 71.1 Å². The summed E-state index contributed by atoms with van der Waals surface area (Å²) in [7, 11) is 0. The fraction of sp³-hybridized carbons (Fsp3) is 0.312. The van der Waals surface area contributed by atoms with Crippen molar-refractivity contribution in [2.75, 3.05) is 44.2 Å². The Labute approximate surface area is 240 Å². The molecule has 0 radical (unpaired) electrons. The Morgan fingerprint density at radius 3 is 2.17 bits per heavy atom. The number of piperazine rings is 1. The van der Waals surface area contributed by atoms with Crippen LogP contribution < -0.4 is 4.90 Å². The van der Waals surface area contributed by atoms with Gasteiger partial charge < -0.3 is 14.7 Å². The van der Waals surface area contributed by atoms with Crippen LogP contribution in [0.1, 0.15) is 29.9 Å². The van der Waals surface area contributed by atoms with E-state index in [0.717, 1.165) is 23.5 Å². The number of anilines is 1. The van der Waals surface area contributed by atoms with Crippen LogP contribution in [0.25, 0.3) is 22.4 Å². The topological polar surface area (TPSA) is 69.6 Å². The molecule has 0 aliphatic carbocycles. The number of thiophene rings is 1. The molecule has 1 aliphatic rings. The highest BCUT2D eigenvalue weighted by Crippen LogP contribution is 2.24. The highest BCUT2D eigenvalue weighted by Gasteiger charge is 2.27. The fourth-order valence-electron chi connectivity index (χ4n) is 4.84. The van der Waals surface area contributed by atoms with Gasteiger partial charge >= 0.3 is 0 Å². The fourth-order valence-corrected chi connectivity index (χ4v) is 5.53. The molecule has 8 heteroatoms. The number of nitrogens with zero attached hydrogens (tertiary/aromatic N) is 5. The van der Waals surface area contributed by atoms with Crippen molar-refractivity contribution in [3.8, 4) is 22.4 Å². The van der Waals surface area contributed by atoms with E-state index < -0.39 is 0 Å². The van der Waals surface area contributed by atoms with E-state index >= 15 is 0 Å². The van der Waals surface area contributed by atoms with Crippen molar-refractivity contribution in [1.29, 1.82) is 0 Å². The summed E-state index contributed by atoms with van der Waals surface area (Å²) < 4.78 is 0. The summed E-state index contributed by atoms with van der Waals surface area (Å²) in [6, 6.07) is 26.4. The molecular weight excluding hydrogens is 518 g/mol. The Bertz CT molecular complexity index is 1380. The molecular formula is C32H35N5O2S. The van der Waals surface area contributed by atoms with E-state index in [1.165, 1.54) is 22.5 Å². The van der Waals surface area contributed by atoms with Crippen molar-refractivity contribution in [3.05, 3.63) is 89.1 Å². The Morgan fingerprint density at radius 2 is 1.55 bits per heavy atom. The Kier molecular flexibility index (Phi) is 8.86. The maximum Gasteiger partial charge on any atom is 0.264 e. The van der Waals surface area contributed by atoms with Crippen LogP contribution in [0.2, 0.25) is 0 Å². The van der Waals surface area contributed by atoms with E-state index in [-0.39, 0.29) is 18.4 Å². The molecule has 0 bridgehead atoms. The number of carbonyl (C=O) groups excluding carboxylic acids is 2. The summed E-state index contributed by atoms with van der Waals surface area (Å²) in [6.07, 6.45) is 0.958. The predicted octanol–water partition coefficient (Wildman–Crippen LogP) is 5.71. The molecule has 1 saturated heterocycles. The number of aromatic nitrogens is 2. The van der Waals surface area contributed by atoms with E-state index in [2.05, 4.69) is 65.3 Å². The molecule has 2 amide bonds. The number of rotatable bonds is 9. The molecule has 0 N–H and O–H groups in total. The van der Waals surface area contributed by atoms with Gasteiger partial charge in [0.2, 0.25) is 5.91 Å². The normalized spacial score (nSPS) is 14.2. The summed E-state index contributed by atoms with van der Waals surface area (Å²) >= 11 is 1.42. The molecule has 2 aromatic carbocycles. The van der Waals surface area contributed by atoms with Crippen LogP contribution in [0.15, 0.2) is 84.2 Å². The smallest absolute Gasteiger partial charge is 0.264 e. The average Bonchev–Trinajstić information content (AvgIpc) is 3.56. The van der Waals surface area contributed by atoms with Gasteiger partial charge in [0, 0.05) is 38.3 Å². The van der Waals surface area contributed by atoms with Crippen LogP contribution in [0.3, 0.4) is 0 Å².